The van der Waals surface area contributed by atoms with E-state index in [1.165, 1.54) is 17.7 Å². The van der Waals surface area contributed by atoms with Crippen LogP contribution in [0.1, 0.15) is 41.9 Å². The highest BCUT2D eigenvalue weighted by atomic mass is 19.1. The molecule has 3 nitrogen and oxygen atoms in total. The highest BCUT2D eigenvalue weighted by Crippen LogP contribution is 2.37. The van der Waals surface area contributed by atoms with Gasteiger partial charge in [-0.3, -0.25) is 4.79 Å². The second-order valence-corrected chi connectivity index (χ2v) is 7.15. The van der Waals surface area contributed by atoms with Crippen molar-refractivity contribution < 1.29 is 14.3 Å². The number of nitrogens with zero attached hydrogens (tertiary/aromatic N) is 1. The molecule has 1 amide bonds. The largest absolute Gasteiger partial charge is 0.385 e. The number of hydrogen-bond acceptors (Lipinski definition) is 2. The predicted molar refractivity (Wildman–Crippen MR) is 93.6 cm³/mol. The minimum absolute atomic E-state index is 0.0479. The molecule has 1 heterocycles. The number of rotatable bonds is 2. The van der Waals surface area contributed by atoms with Gasteiger partial charge in [-0.05, 0) is 54.5 Å². The summed E-state index contributed by atoms with van der Waals surface area (Å²) in [6.45, 7) is 1.07. The zero-order valence-corrected chi connectivity index (χ0v) is 14.1. The number of fused-ring (bicyclic) bond motifs is 1. The maximum atomic E-state index is 13.1. The second-order valence-electron chi connectivity index (χ2n) is 7.15. The first-order valence-corrected chi connectivity index (χ1v) is 8.92. The average molecular weight is 339 g/mol. The van der Waals surface area contributed by atoms with Gasteiger partial charge in [0.15, 0.2) is 0 Å². The summed E-state index contributed by atoms with van der Waals surface area (Å²) >= 11 is 0. The molecule has 1 N–H and O–H groups in total. The molecule has 0 bridgehead atoms. The Labute approximate surface area is 147 Å². The third kappa shape index (κ3) is 2.95. The molecule has 0 saturated carbocycles. The van der Waals surface area contributed by atoms with Crippen LogP contribution in [0.25, 0.3) is 0 Å². The van der Waals surface area contributed by atoms with Crippen LogP contribution in [0.15, 0.2) is 48.5 Å². The third-order valence-corrected chi connectivity index (χ3v) is 5.71. The van der Waals surface area contributed by atoms with Crippen LogP contribution in [-0.4, -0.2) is 29.0 Å². The molecule has 1 atom stereocenters. The molecule has 0 radical (unpaired) electrons. The van der Waals surface area contributed by atoms with Crippen molar-refractivity contribution in [3.05, 3.63) is 71.0 Å². The molecule has 2 aromatic rings. The SMILES string of the molecule is O=C([C@@H]1CCc2ccccc21)N1CCC(O)(c2ccc(F)cc2)CC1. The van der Waals surface area contributed by atoms with Gasteiger partial charge in [-0.25, -0.2) is 4.39 Å². The minimum atomic E-state index is -0.974. The number of carbonyl (C=O) groups is 1. The summed E-state index contributed by atoms with van der Waals surface area (Å²) in [6.07, 6.45) is 2.80. The Morgan fingerprint density at radius 1 is 1.08 bits per heavy atom. The van der Waals surface area contributed by atoms with Crippen LogP contribution in [0.3, 0.4) is 0 Å². The summed E-state index contributed by atoms with van der Waals surface area (Å²) in [7, 11) is 0. The fourth-order valence-electron chi connectivity index (χ4n) is 4.18. The Balaban J connectivity index is 1.45. The Hall–Kier alpha value is -2.20. The predicted octanol–water partition coefficient (Wildman–Crippen LogP) is 3.37. The monoisotopic (exact) mass is 339 g/mol. The van der Waals surface area contributed by atoms with E-state index in [1.807, 2.05) is 17.0 Å². The van der Waals surface area contributed by atoms with Gasteiger partial charge in [0.1, 0.15) is 5.82 Å². The van der Waals surface area contributed by atoms with Gasteiger partial charge < -0.3 is 10.0 Å². The Bertz CT molecular complexity index is 779. The van der Waals surface area contributed by atoms with E-state index < -0.39 is 5.60 Å². The lowest BCUT2D eigenvalue weighted by molar-refractivity contribution is -0.137. The number of piperidine rings is 1. The zero-order valence-electron chi connectivity index (χ0n) is 14.1. The second kappa shape index (κ2) is 6.26. The van der Waals surface area contributed by atoms with Gasteiger partial charge in [0.25, 0.3) is 0 Å². The molecule has 2 aliphatic rings. The number of amides is 1. The van der Waals surface area contributed by atoms with Gasteiger partial charge in [-0.15, -0.1) is 0 Å². The van der Waals surface area contributed by atoms with Crippen molar-refractivity contribution in [1.29, 1.82) is 0 Å². The lowest BCUT2D eigenvalue weighted by Crippen LogP contribution is -2.46. The highest BCUT2D eigenvalue weighted by molar-refractivity contribution is 5.85. The molecular weight excluding hydrogens is 317 g/mol. The normalized spacial score (nSPS) is 21.8. The van der Waals surface area contributed by atoms with Crippen LogP contribution in [0, 0.1) is 5.82 Å². The Kier molecular flexibility index (Phi) is 4.08. The van der Waals surface area contributed by atoms with E-state index in [1.54, 1.807) is 12.1 Å². The van der Waals surface area contributed by atoms with E-state index in [-0.39, 0.29) is 17.6 Å². The summed E-state index contributed by atoms with van der Waals surface area (Å²) in [4.78, 5) is 14.8. The maximum Gasteiger partial charge on any atom is 0.230 e. The number of likely N-dealkylation sites (tertiary alicyclic amines) is 1. The van der Waals surface area contributed by atoms with E-state index in [4.69, 9.17) is 0 Å². The number of halogens is 1. The molecule has 130 valence electrons. The van der Waals surface area contributed by atoms with Crippen LogP contribution in [0.4, 0.5) is 4.39 Å². The summed E-state index contributed by atoms with van der Waals surface area (Å²) in [6, 6.07) is 14.2. The molecule has 0 unspecified atom stereocenters. The molecule has 1 aliphatic carbocycles. The summed E-state index contributed by atoms with van der Waals surface area (Å²) in [5, 5.41) is 10.9. The van der Waals surface area contributed by atoms with Gasteiger partial charge in [0.2, 0.25) is 5.91 Å². The zero-order chi connectivity index (χ0) is 17.4. The lowest BCUT2D eigenvalue weighted by Gasteiger charge is -2.39. The lowest BCUT2D eigenvalue weighted by atomic mass is 9.84. The van der Waals surface area contributed by atoms with Crippen molar-refractivity contribution in [1.82, 2.24) is 4.90 Å². The van der Waals surface area contributed by atoms with Crippen molar-refractivity contribution >= 4 is 5.91 Å². The highest BCUT2D eigenvalue weighted by Gasteiger charge is 2.38. The fraction of sp³-hybridized carbons (Fsp3) is 0.381. The van der Waals surface area contributed by atoms with Gasteiger partial charge in [0, 0.05) is 13.1 Å². The van der Waals surface area contributed by atoms with Gasteiger partial charge in [-0.1, -0.05) is 36.4 Å². The number of hydrogen-bond donors (Lipinski definition) is 1. The van der Waals surface area contributed by atoms with Gasteiger partial charge in [0.05, 0.1) is 11.5 Å². The first kappa shape index (κ1) is 16.3. The molecule has 25 heavy (non-hydrogen) atoms. The minimum Gasteiger partial charge on any atom is -0.385 e. The van der Waals surface area contributed by atoms with E-state index >= 15 is 0 Å². The Morgan fingerprint density at radius 3 is 2.48 bits per heavy atom. The number of aliphatic hydroxyl groups is 1. The molecule has 1 fully saturated rings. The van der Waals surface area contributed by atoms with E-state index in [0.717, 1.165) is 24.0 Å². The molecule has 1 aliphatic heterocycles. The van der Waals surface area contributed by atoms with Crippen molar-refractivity contribution in [2.24, 2.45) is 0 Å². The maximum absolute atomic E-state index is 13.1. The molecule has 1 saturated heterocycles. The Morgan fingerprint density at radius 2 is 1.76 bits per heavy atom. The van der Waals surface area contributed by atoms with E-state index in [0.29, 0.717) is 25.9 Å². The van der Waals surface area contributed by atoms with Crippen LogP contribution >= 0.6 is 0 Å². The summed E-state index contributed by atoms with van der Waals surface area (Å²) in [5.74, 6) is -0.181. The van der Waals surface area contributed by atoms with Crippen LogP contribution in [0.2, 0.25) is 0 Å². The fourth-order valence-corrected chi connectivity index (χ4v) is 4.18. The number of benzene rings is 2. The van der Waals surface area contributed by atoms with E-state index in [2.05, 4.69) is 12.1 Å². The summed E-state index contributed by atoms with van der Waals surface area (Å²) in [5.41, 5.74) is 2.19. The van der Waals surface area contributed by atoms with Gasteiger partial charge >= 0.3 is 0 Å². The average Bonchev–Trinajstić information content (AvgIpc) is 3.06. The van der Waals surface area contributed by atoms with Crippen LogP contribution in [0.5, 0.6) is 0 Å². The van der Waals surface area contributed by atoms with Crippen molar-refractivity contribution in [3.63, 3.8) is 0 Å². The van der Waals surface area contributed by atoms with Crippen LogP contribution < -0.4 is 0 Å². The standard InChI is InChI=1S/C21H22FNO2/c22-17-8-6-16(7-9-17)21(25)11-13-23(14-12-21)20(24)19-10-5-15-3-1-2-4-18(15)19/h1-4,6-9,19,25H,5,10-14H2/t19-/m1/s1. The molecule has 0 spiro atoms. The van der Waals surface area contributed by atoms with Crippen molar-refractivity contribution in [2.45, 2.75) is 37.2 Å². The topological polar surface area (TPSA) is 40.5 Å². The number of carbonyl (C=O) groups excluding carboxylic acids is 1. The van der Waals surface area contributed by atoms with Gasteiger partial charge in [-0.2, -0.15) is 0 Å². The molecular formula is C21H22FNO2. The smallest absolute Gasteiger partial charge is 0.230 e. The molecule has 2 aromatic carbocycles. The third-order valence-electron chi connectivity index (χ3n) is 5.71. The van der Waals surface area contributed by atoms with Crippen molar-refractivity contribution in [2.75, 3.05) is 13.1 Å². The van der Waals surface area contributed by atoms with Crippen LogP contribution in [-0.2, 0) is 16.8 Å². The molecule has 4 rings (SSSR count). The molecule has 4 heteroatoms. The number of aryl methyl sites for hydroxylation is 1. The first-order valence-electron chi connectivity index (χ1n) is 8.92. The molecule has 0 aromatic heterocycles. The quantitative estimate of drug-likeness (QED) is 0.911. The van der Waals surface area contributed by atoms with E-state index in [9.17, 15) is 14.3 Å². The summed E-state index contributed by atoms with van der Waals surface area (Å²) < 4.78 is 13.1. The first-order chi connectivity index (χ1) is 12.1. The van der Waals surface area contributed by atoms with Crippen molar-refractivity contribution in [3.8, 4) is 0 Å².